The van der Waals surface area contributed by atoms with Crippen molar-refractivity contribution in [2.75, 3.05) is 7.11 Å². The number of hydrogen-bond acceptors (Lipinski definition) is 3. The Hall–Kier alpha value is -2.58. The van der Waals surface area contributed by atoms with E-state index in [0.29, 0.717) is 5.56 Å². The van der Waals surface area contributed by atoms with Gasteiger partial charge in [0.1, 0.15) is 0 Å². The van der Waals surface area contributed by atoms with Gasteiger partial charge in [-0.1, -0.05) is 34.0 Å². The number of hydrogen-bond donors (Lipinski definition) is 0. The number of rotatable bonds is 3. The molecule has 0 radical (unpaired) electrons. The van der Waals surface area contributed by atoms with Gasteiger partial charge in [0.05, 0.1) is 30.4 Å². The van der Waals surface area contributed by atoms with Crippen LogP contribution in [0, 0.1) is 11.8 Å². The van der Waals surface area contributed by atoms with Crippen LogP contribution in [0.25, 0.3) is 10.9 Å². The van der Waals surface area contributed by atoms with E-state index < -0.39 is 0 Å². The summed E-state index contributed by atoms with van der Waals surface area (Å²) in [6, 6.07) is 11.6. The molecule has 0 aliphatic rings. The standard InChI is InChI=1S/C20H17BrN2O2/c1-4-5-15-8-11-17(20(24)25-3)19-18(15)12-22-23(19)13(2)14-6-9-16(21)10-7-14/h6-13H,1-3H3/t13-/m1/s1. The number of halogens is 1. The molecule has 1 heterocycles. The molecule has 1 aromatic heterocycles. The first-order valence-corrected chi connectivity index (χ1v) is 8.63. The van der Waals surface area contributed by atoms with E-state index in [1.54, 1.807) is 19.2 Å². The van der Waals surface area contributed by atoms with E-state index in [4.69, 9.17) is 4.74 Å². The van der Waals surface area contributed by atoms with Gasteiger partial charge in [0.25, 0.3) is 0 Å². The van der Waals surface area contributed by atoms with Crippen LogP contribution in [0.4, 0.5) is 0 Å². The van der Waals surface area contributed by atoms with E-state index in [9.17, 15) is 4.79 Å². The highest BCUT2D eigenvalue weighted by Gasteiger charge is 2.20. The predicted molar refractivity (Wildman–Crippen MR) is 102 cm³/mol. The summed E-state index contributed by atoms with van der Waals surface area (Å²) in [5.41, 5.74) is 3.17. The lowest BCUT2D eigenvalue weighted by Crippen LogP contribution is -2.12. The highest BCUT2D eigenvalue weighted by Crippen LogP contribution is 2.29. The van der Waals surface area contributed by atoms with Crippen molar-refractivity contribution in [1.29, 1.82) is 0 Å². The second-order valence-corrected chi connectivity index (χ2v) is 6.52. The third-order valence-electron chi connectivity index (χ3n) is 4.14. The summed E-state index contributed by atoms with van der Waals surface area (Å²) in [6.07, 6.45) is 1.76. The Morgan fingerprint density at radius 2 is 1.96 bits per heavy atom. The van der Waals surface area contributed by atoms with Gasteiger partial charge in [0.15, 0.2) is 0 Å². The molecule has 0 fully saturated rings. The Balaban J connectivity index is 2.24. The van der Waals surface area contributed by atoms with Gasteiger partial charge in [-0.05, 0) is 43.7 Å². The molecule has 1 atom stereocenters. The van der Waals surface area contributed by atoms with Gasteiger partial charge in [-0.3, -0.25) is 4.68 Å². The van der Waals surface area contributed by atoms with Crippen LogP contribution in [0.15, 0.2) is 47.1 Å². The molecule has 3 aromatic rings. The minimum absolute atomic E-state index is 0.0427. The number of nitrogens with zero attached hydrogens (tertiary/aromatic N) is 2. The van der Waals surface area contributed by atoms with Gasteiger partial charge in [-0.15, -0.1) is 5.92 Å². The summed E-state index contributed by atoms with van der Waals surface area (Å²) in [7, 11) is 1.38. The summed E-state index contributed by atoms with van der Waals surface area (Å²) < 4.78 is 7.82. The number of carbonyl (C=O) groups excluding carboxylic acids is 1. The van der Waals surface area contributed by atoms with Crippen molar-refractivity contribution in [3.8, 4) is 11.8 Å². The van der Waals surface area contributed by atoms with Crippen LogP contribution in [-0.4, -0.2) is 22.9 Å². The fourth-order valence-electron chi connectivity index (χ4n) is 2.86. The Kier molecular flexibility index (Phi) is 4.91. The molecule has 3 rings (SSSR count). The van der Waals surface area contributed by atoms with Crippen LogP contribution >= 0.6 is 15.9 Å². The summed E-state index contributed by atoms with van der Waals surface area (Å²) in [4.78, 5) is 12.2. The third-order valence-corrected chi connectivity index (χ3v) is 4.67. The lowest BCUT2D eigenvalue weighted by Gasteiger charge is -2.16. The SMILES string of the molecule is CC#Cc1ccc(C(=O)OC)c2c1cnn2[C@H](C)c1ccc(Br)cc1. The quantitative estimate of drug-likeness (QED) is 0.481. The van der Waals surface area contributed by atoms with Gasteiger partial charge in [0, 0.05) is 15.4 Å². The smallest absolute Gasteiger partial charge is 0.340 e. The van der Waals surface area contributed by atoms with Crippen molar-refractivity contribution < 1.29 is 9.53 Å². The number of esters is 1. The molecular formula is C20H17BrN2O2. The van der Waals surface area contributed by atoms with Crippen molar-refractivity contribution in [3.05, 3.63) is 63.8 Å². The molecule has 0 N–H and O–H groups in total. The Bertz CT molecular complexity index is 994. The van der Waals surface area contributed by atoms with Crippen LogP contribution in [0.2, 0.25) is 0 Å². The minimum atomic E-state index is -0.384. The van der Waals surface area contributed by atoms with Crippen LogP contribution < -0.4 is 0 Å². The van der Waals surface area contributed by atoms with E-state index in [-0.39, 0.29) is 12.0 Å². The molecule has 0 aliphatic carbocycles. The summed E-state index contributed by atoms with van der Waals surface area (Å²) in [5, 5.41) is 5.39. The molecule has 0 saturated heterocycles. The number of benzene rings is 2. The maximum absolute atomic E-state index is 12.2. The average Bonchev–Trinajstić information content (AvgIpc) is 3.07. The third kappa shape index (κ3) is 3.18. The van der Waals surface area contributed by atoms with E-state index in [1.165, 1.54) is 7.11 Å². The molecule has 0 bridgehead atoms. The molecule has 4 nitrogen and oxygen atoms in total. The van der Waals surface area contributed by atoms with E-state index in [2.05, 4.69) is 39.8 Å². The van der Waals surface area contributed by atoms with Crippen LogP contribution in [0.1, 0.15) is 41.4 Å². The largest absolute Gasteiger partial charge is 0.465 e. The molecular weight excluding hydrogens is 380 g/mol. The van der Waals surface area contributed by atoms with Gasteiger partial charge >= 0.3 is 5.97 Å². The van der Waals surface area contributed by atoms with Crippen molar-refractivity contribution in [2.24, 2.45) is 0 Å². The molecule has 126 valence electrons. The normalized spacial score (nSPS) is 11.7. The van der Waals surface area contributed by atoms with E-state index >= 15 is 0 Å². The Labute approximate surface area is 154 Å². The summed E-state index contributed by atoms with van der Waals surface area (Å²) in [6.45, 7) is 3.84. The van der Waals surface area contributed by atoms with Crippen molar-refractivity contribution in [2.45, 2.75) is 19.9 Å². The molecule has 2 aromatic carbocycles. The van der Waals surface area contributed by atoms with Crippen molar-refractivity contribution in [3.63, 3.8) is 0 Å². The lowest BCUT2D eigenvalue weighted by atomic mass is 10.0. The van der Waals surface area contributed by atoms with Crippen molar-refractivity contribution >= 4 is 32.8 Å². The highest BCUT2D eigenvalue weighted by atomic mass is 79.9. The Morgan fingerprint density at radius 1 is 1.24 bits per heavy atom. The fraction of sp³-hybridized carbons (Fsp3) is 0.200. The molecule has 0 saturated carbocycles. The van der Waals surface area contributed by atoms with Crippen molar-refractivity contribution in [1.82, 2.24) is 9.78 Å². The van der Waals surface area contributed by atoms with E-state index in [0.717, 1.165) is 26.5 Å². The molecule has 0 amide bonds. The monoisotopic (exact) mass is 396 g/mol. The van der Waals surface area contributed by atoms with Crippen LogP contribution in [0.5, 0.6) is 0 Å². The molecule has 5 heteroatoms. The first-order valence-electron chi connectivity index (χ1n) is 7.83. The van der Waals surface area contributed by atoms with Crippen LogP contribution in [0.3, 0.4) is 0 Å². The number of methoxy groups -OCH3 is 1. The van der Waals surface area contributed by atoms with E-state index in [1.807, 2.05) is 35.0 Å². The van der Waals surface area contributed by atoms with Gasteiger partial charge in [-0.25, -0.2) is 4.79 Å². The zero-order valence-corrected chi connectivity index (χ0v) is 15.8. The number of fused-ring (bicyclic) bond motifs is 1. The lowest BCUT2D eigenvalue weighted by molar-refractivity contribution is 0.0602. The Morgan fingerprint density at radius 3 is 2.60 bits per heavy atom. The fourth-order valence-corrected chi connectivity index (χ4v) is 3.12. The number of carbonyl (C=O) groups is 1. The zero-order chi connectivity index (χ0) is 18.0. The molecule has 0 unspecified atom stereocenters. The zero-order valence-electron chi connectivity index (χ0n) is 14.2. The summed E-state index contributed by atoms with van der Waals surface area (Å²) >= 11 is 3.45. The maximum atomic E-state index is 12.2. The highest BCUT2D eigenvalue weighted by molar-refractivity contribution is 9.10. The first kappa shape index (κ1) is 17.2. The molecule has 25 heavy (non-hydrogen) atoms. The molecule has 0 aliphatic heterocycles. The number of ether oxygens (including phenoxy) is 1. The average molecular weight is 397 g/mol. The second-order valence-electron chi connectivity index (χ2n) is 5.61. The second kappa shape index (κ2) is 7.12. The predicted octanol–water partition coefficient (Wildman–Crippen LogP) is 4.57. The molecule has 0 spiro atoms. The van der Waals surface area contributed by atoms with Crippen LogP contribution in [-0.2, 0) is 4.74 Å². The van der Waals surface area contributed by atoms with Gasteiger partial charge in [0.2, 0.25) is 0 Å². The summed E-state index contributed by atoms with van der Waals surface area (Å²) in [5.74, 6) is 5.60. The topological polar surface area (TPSA) is 44.1 Å². The van der Waals surface area contributed by atoms with Gasteiger partial charge < -0.3 is 4.74 Å². The number of aromatic nitrogens is 2. The first-order chi connectivity index (χ1) is 12.1. The maximum Gasteiger partial charge on any atom is 0.340 e. The minimum Gasteiger partial charge on any atom is -0.465 e. The van der Waals surface area contributed by atoms with Gasteiger partial charge in [-0.2, -0.15) is 5.10 Å².